The van der Waals surface area contributed by atoms with E-state index in [1.165, 1.54) is 24.3 Å². The highest BCUT2D eigenvalue weighted by atomic mass is 19.1. The van der Waals surface area contributed by atoms with Gasteiger partial charge in [0.2, 0.25) is 5.95 Å². The lowest BCUT2D eigenvalue weighted by Gasteiger charge is -2.19. The summed E-state index contributed by atoms with van der Waals surface area (Å²) in [4.78, 5) is 18.5. The summed E-state index contributed by atoms with van der Waals surface area (Å²) in [7, 11) is 4.05. The summed E-state index contributed by atoms with van der Waals surface area (Å²) in [5.74, 6) is -0.408. The van der Waals surface area contributed by atoms with Gasteiger partial charge in [-0.1, -0.05) is 31.5 Å². The van der Waals surface area contributed by atoms with Crippen molar-refractivity contribution in [3.8, 4) is 11.8 Å². The molecule has 1 aromatic carbocycles. The largest absolute Gasteiger partial charge is 0.494 e. The van der Waals surface area contributed by atoms with Gasteiger partial charge in [-0.05, 0) is 62.8 Å². The zero-order valence-electron chi connectivity index (χ0n) is 18.3. The average molecular weight is 425 g/mol. The molecule has 2 rings (SSSR count). The van der Waals surface area contributed by atoms with E-state index in [-0.39, 0.29) is 17.3 Å². The first-order chi connectivity index (χ1) is 14.9. The van der Waals surface area contributed by atoms with Crippen LogP contribution in [-0.4, -0.2) is 43.0 Å². The predicted octanol–water partition coefficient (Wildman–Crippen LogP) is 4.12. The van der Waals surface area contributed by atoms with Crippen LogP contribution < -0.4 is 10.1 Å². The van der Waals surface area contributed by atoms with Crippen molar-refractivity contribution < 1.29 is 13.9 Å². The molecule has 0 fully saturated rings. The van der Waals surface area contributed by atoms with Crippen LogP contribution in [-0.2, 0) is 4.79 Å². The van der Waals surface area contributed by atoms with Crippen LogP contribution in [0.4, 0.5) is 4.39 Å². The number of nitrogens with one attached hydrogen (secondary N) is 1. The summed E-state index contributed by atoms with van der Waals surface area (Å²) >= 11 is 0. The van der Waals surface area contributed by atoms with Crippen LogP contribution in [0.5, 0.6) is 5.75 Å². The lowest BCUT2D eigenvalue weighted by molar-refractivity contribution is -0.117. The van der Waals surface area contributed by atoms with Gasteiger partial charge < -0.3 is 15.0 Å². The Morgan fingerprint density at radius 3 is 2.65 bits per heavy atom. The predicted molar refractivity (Wildman–Crippen MR) is 119 cm³/mol. The van der Waals surface area contributed by atoms with Crippen LogP contribution in [0.25, 0.3) is 6.08 Å². The minimum Gasteiger partial charge on any atom is -0.494 e. The van der Waals surface area contributed by atoms with Crippen molar-refractivity contribution in [1.29, 1.82) is 5.26 Å². The molecule has 0 aliphatic heterocycles. The number of nitriles is 1. The quantitative estimate of drug-likeness (QED) is 0.254. The first-order valence-electron chi connectivity index (χ1n) is 10.4. The molecule has 1 unspecified atom stereocenters. The lowest BCUT2D eigenvalue weighted by atomic mass is 10.0. The summed E-state index contributed by atoms with van der Waals surface area (Å²) in [6.45, 7) is 3.62. The van der Waals surface area contributed by atoms with Crippen LogP contribution in [0.3, 0.4) is 0 Å². The summed E-state index contributed by atoms with van der Waals surface area (Å²) < 4.78 is 19.0. The topological polar surface area (TPSA) is 78.2 Å². The van der Waals surface area contributed by atoms with E-state index >= 15 is 0 Å². The first kappa shape index (κ1) is 24.0. The van der Waals surface area contributed by atoms with Gasteiger partial charge in [0.15, 0.2) is 0 Å². The molecule has 0 aliphatic rings. The average Bonchev–Trinajstić information content (AvgIpc) is 2.75. The van der Waals surface area contributed by atoms with E-state index in [1.54, 1.807) is 0 Å². The Kier molecular flexibility index (Phi) is 9.66. The molecule has 6 nitrogen and oxygen atoms in total. The van der Waals surface area contributed by atoms with Crippen molar-refractivity contribution in [3.63, 3.8) is 0 Å². The summed E-state index contributed by atoms with van der Waals surface area (Å²) in [5, 5.41) is 12.3. The second-order valence-corrected chi connectivity index (χ2v) is 7.44. The number of benzene rings is 1. The Labute approximate surface area is 183 Å². The molecule has 1 heterocycles. The molecule has 0 radical (unpaired) electrons. The normalized spacial score (nSPS) is 12.3. The SMILES string of the molecule is CCCC(NC(=O)/C(C#N)=C/c1cccc(F)n1)c1ccc(OCCCN(C)C)cc1. The van der Waals surface area contributed by atoms with Crippen molar-refractivity contribution in [2.45, 2.75) is 32.2 Å². The van der Waals surface area contributed by atoms with E-state index in [1.807, 2.05) is 51.4 Å². The molecule has 0 spiro atoms. The molecule has 1 N–H and O–H groups in total. The van der Waals surface area contributed by atoms with E-state index in [0.29, 0.717) is 13.0 Å². The minimum atomic E-state index is -0.667. The Morgan fingerprint density at radius 2 is 2.03 bits per heavy atom. The molecule has 0 bridgehead atoms. The highest BCUT2D eigenvalue weighted by Crippen LogP contribution is 2.22. The van der Waals surface area contributed by atoms with Crippen LogP contribution in [0.1, 0.15) is 43.5 Å². The fourth-order valence-corrected chi connectivity index (χ4v) is 3.01. The van der Waals surface area contributed by atoms with Crippen molar-refractivity contribution >= 4 is 12.0 Å². The van der Waals surface area contributed by atoms with Crippen LogP contribution in [0.2, 0.25) is 0 Å². The van der Waals surface area contributed by atoms with Gasteiger partial charge >= 0.3 is 0 Å². The zero-order chi connectivity index (χ0) is 22.6. The molecule has 31 heavy (non-hydrogen) atoms. The molecule has 2 aromatic rings. The molecule has 1 amide bonds. The van der Waals surface area contributed by atoms with E-state index in [2.05, 4.69) is 15.2 Å². The zero-order valence-corrected chi connectivity index (χ0v) is 18.3. The number of carbonyl (C=O) groups is 1. The summed E-state index contributed by atoms with van der Waals surface area (Å²) in [5.41, 5.74) is 1.02. The molecule has 0 saturated heterocycles. The number of ether oxygens (including phenoxy) is 1. The Hall–Kier alpha value is -3.24. The van der Waals surface area contributed by atoms with Crippen LogP contribution >= 0.6 is 0 Å². The molecule has 1 aromatic heterocycles. The van der Waals surface area contributed by atoms with Crippen LogP contribution in [0.15, 0.2) is 48.0 Å². The number of carbonyl (C=O) groups excluding carboxylic acids is 1. The van der Waals surface area contributed by atoms with Gasteiger partial charge in [0.1, 0.15) is 17.4 Å². The number of hydrogen-bond acceptors (Lipinski definition) is 5. The smallest absolute Gasteiger partial charge is 0.262 e. The van der Waals surface area contributed by atoms with Gasteiger partial charge in [0.25, 0.3) is 5.91 Å². The summed E-state index contributed by atoms with van der Waals surface area (Å²) in [6.07, 6.45) is 3.79. The fraction of sp³-hybridized carbons (Fsp3) is 0.375. The van der Waals surface area contributed by atoms with Crippen molar-refractivity contribution in [2.75, 3.05) is 27.2 Å². The third kappa shape index (κ3) is 8.19. The van der Waals surface area contributed by atoms with E-state index in [9.17, 15) is 14.4 Å². The van der Waals surface area contributed by atoms with E-state index in [4.69, 9.17) is 4.74 Å². The maximum Gasteiger partial charge on any atom is 0.262 e. The number of amides is 1. The maximum atomic E-state index is 13.3. The molecule has 7 heteroatoms. The molecule has 0 aliphatic carbocycles. The monoisotopic (exact) mass is 424 g/mol. The number of aromatic nitrogens is 1. The van der Waals surface area contributed by atoms with Crippen LogP contribution in [0, 0.1) is 17.3 Å². The van der Waals surface area contributed by atoms with E-state index < -0.39 is 11.9 Å². The van der Waals surface area contributed by atoms with Crippen molar-refractivity contribution in [2.24, 2.45) is 0 Å². The molecular weight excluding hydrogens is 395 g/mol. The Bertz CT molecular complexity index is 920. The fourth-order valence-electron chi connectivity index (χ4n) is 3.01. The van der Waals surface area contributed by atoms with Gasteiger partial charge in [0, 0.05) is 6.54 Å². The molecule has 164 valence electrons. The lowest BCUT2D eigenvalue weighted by Crippen LogP contribution is -2.29. The highest BCUT2D eigenvalue weighted by molar-refractivity contribution is 6.01. The minimum absolute atomic E-state index is 0.125. The standard InChI is InChI=1S/C24H29FN4O2/c1-4-7-22(18-10-12-21(13-11-18)31-15-6-14-29(2)3)28-24(30)19(17-26)16-20-8-5-9-23(25)27-20/h5,8-13,16,22H,4,6-7,14-15H2,1-3H3,(H,28,30)/b19-16+. The van der Waals surface area contributed by atoms with Crippen molar-refractivity contribution in [1.82, 2.24) is 15.2 Å². The van der Waals surface area contributed by atoms with Crippen molar-refractivity contribution in [3.05, 3.63) is 65.2 Å². The van der Waals surface area contributed by atoms with Gasteiger partial charge in [-0.15, -0.1) is 0 Å². The van der Waals surface area contributed by atoms with Gasteiger partial charge in [-0.25, -0.2) is 4.98 Å². The Morgan fingerprint density at radius 1 is 1.29 bits per heavy atom. The number of rotatable bonds is 11. The van der Waals surface area contributed by atoms with Gasteiger partial charge in [-0.3, -0.25) is 4.79 Å². The molecular formula is C24H29FN4O2. The number of pyridine rings is 1. The Balaban J connectivity index is 2.05. The molecule has 0 saturated carbocycles. The molecule has 1 atom stereocenters. The third-order valence-corrected chi connectivity index (χ3v) is 4.58. The summed E-state index contributed by atoms with van der Waals surface area (Å²) in [6, 6.07) is 13.5. The maximum absolute atomic E-state index is 13.3. The second kappa shape index (κ2) is 12.5. The number of halogens is 1. The third-order valence-electron chi connectivity index (χ3n) is 4.58. The second-order valence-electron chi connectivity index (χ2n) is 7.44. The number of hydrogen-bond donors (Lipinski definition) is 1. The number of nitrogens with zero attached hydrogens (tertiary/aromatic N) is 3. The van der Waals surface area contributed by atoms with E-state index in [0.717, 1.165) is 30.7 Å². The van der Waals surface area contributed by atoms with Gasteiger partial charge in [-0.2, -0.15) is 9.65 Å². The van der Waals surface area contributed by atoms with Gasteiger partial charge in [0.05, 0.1) is 18.3 Å². The highest BCUT2D eigenvalue weighted by Gasteiger charge is 2.17. The first-order valence-corrected chi connectivity index (χ1v) is 10.4.